The maximum Gasteiger partial charge on any atom is 0.192 e. The number of carbonyl (C=O) groups is 1. The van der Waals surface area contributed by atoms with E-state index in [1.807, 2.05) is 11.3 Å². The van der Waals surface area contributed by atoms with Crippen molar-refractivity contribution in [3.05, 3.63) is 112 Å². The highest BCUT2D eigenvalue weighted by Crippen LogP contribution is 2.40. The lowest BCUT2D eigenvalue weighted by atomic mass is 10.1. The van der Waals surface area contributed by atoms with E-state index in [0.29, 0.717) is 13.2 Å². The Morgan fingerprint density at radius 1 is 0.630 bits per heavy atom. The van der Waals surface area contributed by atoms with Crippen LogP contribution in [0, 0.1) is 0 Å². The molecule has 0 spiro atoms. The minimum Gasteiger partial charge on any atom is -0.415 e. The lowest BCUT2D eigenvalue weighted by molar-refractivity contribution is 0.112. The molecule has 1 aliphatic heterocycles. The van der Waals surface area contributed by atoms with Crippen molar-refractivity contribution in [2.75, 3.05) is 31.2 Å². The molecule has 0 amide bonds. The summed E-state index contributed by atoms with van der Waals surface area (Å²) in [6, 6.07) is 35.5. The maximum atomic E-state index is 12.1. The van der Waals surface area contributed by atoms with E-state index in [4.69, 9.17) is 8.85 Å². The number of benzene rings is 3. The zero-order valence-corrected chi connectivity index (χ0v) is 38.4. The van der Waals surface area contributed by atoms with Crippen LogP contribution in [-0.4, -0.2) is 57.3 Å². The highest BCUT2D eigenvalue weighted by molar-refractivity contribution is 7.34. The molecule has 0 fully saturated rings. The van der Waals surface area contributed by atoms with Crippen molar-refractivity contribution in [3.8, 4) is 9.75 Å². The smallest absolute Gasteiger partial charge is 0.192 e. The van der Waals surface area contributed by atoms with Gasteiger partial charge in [0.25, 0.3) is 0 Å². The minimum atomic E-state index is -2.59. The van der Waals surface area contributed by atoms with E-state index in [0.717, 1.165) is 29.8 Å². The van der Waals surface area contributed by atoms with Gasteiger partial charge in [0.15, 0.2) is 31.0 Å². The molecule has 284 valence electrons. The Labute approximate surface area is 335 Å². The van der Waals surface area contributed by atoms with Gasteiger partial charge in [0.05, 0.1) is 18.1 Å². The zero-order chi connectivity index (χ0) is 38.9. The highest BCUT2D eigenvalue weighted by atomic mass is 32.1. The molecular formula is C45H57NO3S2Si3. The van der Waals surface area contributed by atoms with Crippen LogP contribution in [0.5, 0.6) is 0 Å². The number of rotatable bonds is 14. The van der Waals surface area contributed by atoms with Crippen LogP contribution in [0.2, 0.25) is 36.3 Å². The fourth-order valence-corrected chi connectivity index (χ4v) is 17.4. The van der Waals surface area contributed by atoms with Crippen LogP contribution in [0.1, 0.15) is 61.7 Å². The summed E-state index contributed by atoms with van der Waals surface area (Å²) in [4.78, 5) is 19.1. The van der Waals surface area contributed by atoms with E-state index in [1.165, 1.54) is 41.1 Å². The largest absolute Gasteiger partial charge is 0.415 e. The summed E-state index contributed by atoms with van der Waals surface area (Å²) >= 11 is 3.48. The predicted octanol–water partition coefficient (Wildman–Crippen LogP) is 10.0. The molecule has 0 saturated heterocycles. The molecular weight excluding hydrogens is 751 g/mol. The van der Waals surface area contributed by atoms with Crippen molar-refractivity contribution in [3.63, 3.8) is 0 Å². The highest BCUT2D eigenvalue weighted by Gasteiger charge is 2.51. The van der Waals surface area contributed by atoms with Gasteiger partial charge in [0, 0.05) is 33.4 Å². The number of carbonyl (C=O) groups excluding carboxylic acids is 1. The van der Waals surface area contributed by atoms with Crippen molar-refractivity contribution in [2.45, 2.75) is 77.8 Å². The normalized spacial score (nSPS) is 14.3. The molecule has 0 saturated carbocycles. The lowest BCUT2D eigenvalue weighted by Gasteiger charge is -2.38. The number of anilines is 1. The summed E-state index contributed by atoms with van der Waals surface area (Å²) < 4.78 is 13.3. The summed E-state index contributed by atoms with van der Waals surface area (Å²) in [6.45, 7) is 26.2. The van der Waals surface area contributed by atoms with Crippen LogP contribution in [0.4, 0.5) is 5.69 Å². The van der Waals surface area contributed by atoms with Crippen molar-refractivity contribution < 1.29 is 13.6 Å². The average molecular weight is 808 g/mol. The Balaban J connectivity index is 1.27. The van der Waals surface area contributed by atoms with Crippen LogP contribution in [0.25, 0.3) is 21.9 Å². The van der Waals surface area contributed by atoms with Crippen LogP contribution >= 0.6 is 22.7 Å². The SMILES string of the molecule is CC(C)(C)[Si](C)(C)OCCN(CCO[Si](C)(C)C(C)(C)C)c1ccc(C=Cc2cc3c(s2)-c2sc(C=O)cc2[Si]3(c2ccccc2)c2ccccc2)cc1. The lowest BCUT2D eigenvalue weighted by Crippen LogP contribution is -2.72. The van der Waals surface area contributed by atoms with Crippen molar-refractivity contribution in [1.29, 1.82) is 0 Å². The first-order valence-electron chi connectivity index (χ1n) is 19.1. The van der Waals surface area contributed by atoms with Crippen molar-refractivity contribution in [2.24, 2.45) is 0 Å². The monoisotopic (exact) mass is 807 g/mol. The zero-order valence-electron chi connectivity index (χ0n) is 33.8. The van der Waals surface area contributed by atoms with Gasteiger partial charge in [-0.15, -0.1) is 22.7 Å². The first-order valence-corrected chi connectivity index (χ1v) is 28.6. The van der Waals surface area contributed by atoms with Gasteiger partial charge >= 0.3 is 0 Å². The molecule has 5 aromatic rings. The van der Waals surface area contributed by atoms with Gasteiger partial charge in [0.1, 0.15) is 0 Å². The van der Waals surface area contributed by atoms with Crippen molar-refractivity contribution >= 4 is 92.3 Å². The molecule has 9 heteroatoms. The van der Waals surface area contributed by atoms with Gasteiger partial charge in [-0.2, -0.15) is 0 Å². The quantitative estimate of drug-likeness (QED) is 0.0812. The summed E-state index contributed by atoms with van der Waals surface area (Å²) in [5, 5.41) is 5.82. The Bertz CT molecular complexity index is 2000. The minimum absolute atomic E-state index is 0.178. The van der Waals surface area contributed by atoms with Gasteiger partial charge in [-0.05, 0) is 92.9 Å². The molecule has 0 bridgehead atoms. The number of thiophene rings is 2. The molecule has 4 nitrogen and oxygen atoms in total. The fourth-order valence-electron chi connectivity index (χ4n) is 6.76. The maximum absolute atomic E-state index is 12.1. The second-order valence-electron chi connectivity index (χ2n) is 17.5. The number of hydrogen-bond donors (Lipinski definition) is 0. The first-order chi connectivity index (χ1) is 25.5. The number of fused-ring (bicyclic) bond motifs is 3. The summed E-state index contributed by atoms with van der Waals surface area (Å²) in [5.74, 6) is 0. The topological polar surface area (TPSA) is 38.8 Å². The number of nitrogens with zero attached hydrogens (tertiary/aromatic N) is 1. The van der Waals surface area contributed by atoms with E-state index >= 15 is 0 Å². The van der Waals surface area contributed by atoms with Gasteiger partial charge in [-0.1, -0.05) is 120 Å². The van der Waals surface area contributed by atoms with Gasteiger partial charge < -0.3 is 13.8 Å². The van der Waals surface area contributed by atoms with E-state index < -0.39 is 24.7 Å². The first kappa shape index (κ1) is 40.5. The summed E-state index contributed by atoms with van der Waals surface area (Å²) in [7, 11) is -6.29. The third kappa shape index (κ3) is 8.05. The molecule has 0 unspecified atom stereocenters. The molecule has 0 atom stereocenters. The molecule has 0 radical (unpaired) electrons. The third-order valence-corrected chi connectivity index (χ3v) is 28.6. The average Bonchev–Trinajstić information content (AvgIpc) is 3.81. The molecule has 3 aromatic carbocycles. The number of hydrogen-bond acceptors (Lipinski definition) is 6. The molecule has 0 aliphatic carbocycles. The Kier molecular flexibility index (Phi) is 11.8. The van der Waals surface area contributed by atoms with Crippen LogP contribution in [0.15, 0.2) is 97.1 Å². The second kappa shape index (κ2) is 15.8. The summed E-state index contributed by atoms with van der Waals surface area (Å²) in [6.07, 6.45) is 5.51. The van der Waals surface area contributed by atoms with E-state index in [2.05, 4.69) is 182 Å². The molecule has 6 rings (SSSR count). The molecule has 1 aliphatic rings. The molecule has 0 N–H and O–H groups in total. The van der Waals surface area contributed by atoms with Crippen molar-refractivity contribution in [1.82, 2.24) is 0 Å². The van der Waals surface area contributed by atoms with Gasteiger partial charge in [-0.25, -0.2) is 0 Å². The van der Waals surface area contributed by atoms with Gasteiger partial charge in [-0.3, -0.25) is 4.79 Å². The van der Waals surface area contributed by atoms with E-state index in [9.17, 15) is 4.79 Å². The van der Waals surface area contributed by atoms with E-state index in [-0.39, 0.29) is 10.1 Å². The van der Waals surface area contributed by atoms with E-state index in [1.54, 1.807) is 11.3 Å². The standard InChI is InChI=1S/C45H57NO3S2Si3/c1-44(2,3)52(7,8)48-29-27-46(28-30-49-53(9,10)45(4,5)6)35-24-21-34(22-25-35)23-26-36-31-40-42(50-36)43-41(32-37(33-47)51-43)54(40,38-17-13-11-14-18-38)39-19-15-12-16-20-39/h11-26,31-33H,27-30H2,1-10H3. The molecule has 3 heterocycles. The Morgan fingerprint density at radius 2 is 1.07 bits per heavy atom. The Hall–Kier alpha value is -3.16. The van der Waals surface area contributed by atoms with Crippen LogP contribution in [0.3, 0.4) is 0 Å². The third-order valence-electron chi connectivity index (χ3n) is 12.0. The van der Waals surface area contributed by atoms with Crippen LogP contribution in [-0.2, 0) is 8.85 Å². The predicted molar refractivity (Wildman–Crippen MR) is 244 cm³/mol. The molecule has 2 aromatic heterocycles. The van der Waals surface area contributed by atoms with Gasteiger partial charge in [0.2, 0.25) is 0 Å². The second-order valence-corrected chi connectivity index (χ2v) is 33.0. The Morgan fingerprint density at radius 3 is 1.52 bits per heavy atom. The summed E-state index contributed by atoms with van der Waals surface area (Å²) in [5.41, 5.74) is 2.36. The number of aldehydes is 1. The van der Waals surface area contributed by atoms with Crippen LogP contribution < -0.4 is 25.6 Å². The molecule has 54 heavy (non-hydrogen) atoms. The fraction of sp³-hybridized carbons (Fsp3) is 0.356.